The Labute approximate surface area is 81.0 Å². The minimum absolute atomic E-state index is 0.141. The smallest absolute Gasteiger partial charge is 0.306 e. The molecule has 0 aromatic carbocycles. The van der Waals surface area contributed by atoms with Gasteiger partial charge in [-0.1, -0.05) is 38.8 Å². The minimum atomic E-state index is -0.141. The normalized spacial score (nSPS) is 9.62. The summed E-state index contributed by atoms with van der Waals surface area (Å²) in [5.74, 6) is -0.141. The van der Waals surface area contributed by atoms with Crippen molar-refractivity contribution < 1.29 is 9.53 Å². The molecule has 75 valence electrons. The van der Waals surface area contributed by atoms with E-state index in [2.05, 4.69) is 6.92 Å². The lowest BCUT2D eigenvalue weighted by atomic mass is 10.2. The van der Waals surface area contributed by atoms with Crippen molar-refractivity contribution in [1.29, 1.82) is 0 Å². The monoisotopic (exact) mass is 183 g/mol. The van der Waals surface area contributed by atoms with Gasteiger partial charge in [0.15, 0.2) is 0 Å². The molecule has 0 amide bonds. The lowest BCUT2D eigenvalue weighted by Gasteiger charge is -2.02. The third kappa shape index (κ3) is 9.12. The second kappa shape index (κ2) is 9.30. The van der Waals surface area contributed by atoms with Crippen LogP contribution in [-0.2, 0) is 9.53 Å². The zero-order valence-corrected chi connectivity index (χ0v) is 8.42. The highest BCUT2D eigenvalue weighted by Crippen LogP contribution is 2.00. The average molecular weight is 183 g/mol. The molecule has 0 atom stereocenters. The molecule has 0 aromatic heterocycles. The third-order valence-corrected chi connectivity index (χ3v) is 1.78. The van der Waals surface area contributed by atoms with Crippen LogP contribution in [0.5, 0.6) is 0 Å². The Morgan fingerprint density at radius 2 is 2.15 bits per heavy atom. The first-order valence-corrected chi connectivity index (χ1v) is 5.00. The molecular weight excluding hydrogens is 164 g/mol. The Balaban J connectivity index is 3.12. The lowest BCUT2D eigenvalue weighted by molar-refractivity contribution is -0.143. The van der Waals surface area contributed by atoms with E-state index in [1.165, 1.54) is 18.9 Å². The van der Waals surface area contributed by atoms with Crippen molar-refractivity contribution in [1.82, 2.24) is 0 Å². The fourth-order valence-electron chi connectivity index (χ4n) is 0.988. The molecule has 0 saturated carbocycles. The van der Waals surface area contributed by atoms with Crippen LogP contribution in [-0.4, -0.2) is 12.6 Å². The van der Waals surface area contributed by atoms with Gasteiger partial charge in [0.25, 0.3) is 0 Å². The van der Waals surface area contributed by atoms with Gasteiger partial charge >= 0.3 is 5.97 Å². The van der Waals surface area contributed by atoms with Crippen LogP contribution in [0.4, 0.5) is 0 Å². The summed E-state index contributed by atoms with van der Waals surface area (Å²) in [7, 11) is 0. The highest BCUT2D eigenvalue weighted by atomic mass is 16.5. The molecular formula is C11H19O2. The predicted octanol–water partition coefficient (Wildman–Crippen LogP) is 2.88. The molecule has 0 aliphatic carbocycles. The van der Waals surface area contributed by atoms with Crippen LogP contribution in [0.1, 0.15) is 45.4 Å². The molecule has 0 heterocycles. The largest absolute Gasteiger partial charge is 0.466 e. The van der Waals surface area contributed by atoms with Gasteiger partial charge in [0.2, 0.25) is 0 Å². The number of esters is 1. The number of allylic oxidation sites excluding steroid dienone is 1. The fourth-order valence-corrected chi connectivity index (χ4v) is 0.988. The average Bonchev–Trinajstić information content (AvgIpc) is 2.14. The van der Waals surface area contributed by atoms with Gasteiger partial charge in [0.05, 0.1) is 6.61 Å². The summed E-state index contributed by atoms with van der Waals surface area (Å²) in [5, 5.41) is 0. The maximum atomic E-state index is 10.9. The zero-order chi connectivity index (χ0) is 9.94. The molecule has 0 fully saturated rings. The maximum absolute atomic E-state index is 10.9. The highest BCUT2D eigenvalue weighted by molar-refractivity contribution is 5.69. The molecule has 2 heteroatoms. The van der Waals surface area contributed by atoms with Crippen LogP contribution in [0, 0.1) is 6.58 Å². The van der Waals surface area contributed by atoms with E-state index in [0.29, 0.717) is 19.4 Å². The first-order chi connectivity index (χ1) is 6.31. The molecule has 0 rings (SSSR count). The van der Waals surface area contributed by atoms with Gasteiger partial charge in [-0.3, -0.25) is 4.79 Å². The third-order valence-electron chi connectivity index (χ3n) is 1.78. The van der Waals surface area contributed by atoms with Gasteiger partial charge in [-0.25, -0.2) is 0 Å². The van der Waals surface area contributed by atoms with Crippen LogP contribution >= 0.6 is 0 Å². The van der Waals surface area contributed by atoms with Crippen molar-refractivity contribution in [3.8, 4) is 0 Å². The van der Waals surface area contributed by atoms with Crippen molar-refractivity contribution in [3.63, 3.8) is 0 Å². The fraction of sp³-hybridized carbons (Fsp3) is 0.727. The zero-order valence-electron chi connectivity index (χ0n) is 8.42. The van der Waals surface area contributed by atoms with Gasteiger partial charge in [-0.2, -0.15) is 0 Å². The number of rotatable bonds is 8. The molecule has 0 aliphatic heterocycles. The van der Waals surface area contributed by atoms with Gasteiger partial charge < -0.3 is 4.74 Å². The van der Waals surface area contributed by atoms with E-state index >= 15 is 0 Å². The van der Waals surface area contributed by atoms with E-state index in [1.54, 1.807) is 0 Å². The summed E-state index contributed by atoms with van der Waals surface area (Å²) >= 11 is 0. The van der Waals surface area contributed by atoms with Gasteiger partial charge in [-0.15, -0.1) is 0 Å². The summed E-state index contributed by atoms with van der Waals surface area (Å²) in [4.78, 5) is 10.9. The molecule has 13 heavy (non-hydrogen) atoms. The molecule has 2 nitrogen and oxygen atoms in total. The summed E-state index contributed by atoms with van der Waals surface area (Å²) in [6.07, 6.45) is 7.04. The van der Waals surface area contributed by atoms with Crippen molar-refractivity contribution >= 4 is 5.97 Å². The summed E-state index contributed by atoms with van der Waals surface area (Å²) in [5.41, 5.74) is 0. The topological polar surface area (TPSA) is 26.3 Å². The van der Waals surface area contributed by atoms with E-state index in [4.69, 9.17) is 11.3 Å². The second-order valence-corrected chi connectivity index (χ2v) is 3.06. The quantitative estimate of drug-likeness (QED) is 0.427. The van der Waals surface area contributed by atoms with E-state index in [9.17, 15) is 4.79 Å². The van der Waals surface area contributed by atoms with Crippen LogP contribution in [0.2, 0.25) is 0 Å². The number of ether oxygens (including phenoxy) is 1. The number of hydrogen-bond donors (Lipinski definition) is 0. The number of carbonyl (C=O) groups is 1. The maximum Gasteiger partial charge on any atom is 0.306 e. The Kier molecular flexibility index (Phi) is 8.73. The lowest BCUT2D eigenvalue weighted by Crippen LogP contribution is -2.04. The molecule has 0 bridgehead atoms. The number of hydrogen-bond acceptors (Lipinski definition) is 2. The van der Waals surface area contributed by atoms with Crippen LogP contribution in [0.3, 0.4) is 0 Å². The van der Waals surface area contributed by atoms with Gasteiger partial charge in [0.1, 0.15) is 0 Å². The van der Waals surface area contributed by atoms with Crippen molar-refractivity contribution in [2.75, 3.05) is 6.61 Å². The van der Waals surface area contributed by atoms with Gasteiger partial charge in [-0.05, 0) is 12.8 Å². The number of carbonyl (C=O) groups excluding carboxylic acids is 1. The molecule has 0 spiro atoms. The molecule has 0 aromatic rings. The standard InChI is InChI=1S/C11H19O2/c1-3-5-7-8-10-13-11(12)9-6-4-2/h2,4H,3,5-10H2,1H3. The van der Waals surface area contributed by atoms with Crippen LogP contribution < -0.4 is 0 Å². The molecule has 0 saturated heterocycles. The van der Waals surface area contributed by atoms with Crippen molar-refractivity contribution in [3.05, 3.63) is 12.7 Å². The van der Waals surface area contributed by atoms with E-state index in [1.807, 2.05) is 0 Å². The number of unbranched alkanes of at least 4 members (excludes halogenated alkanes) is 3. The summed E-state index contributed by atoms with van der Waals surface area (Å²) < 4.78 is 4.98. The summed E-state index contributed by atoms with van der Waals surface area (Å²) in [6, 6.07) is 0. The minimum Gasteiger partial charge on any atom is -0.466 e. The first-order valence-electron chi connectivity index (χ1n) is 5.00. The highest BCUT2D eigenvalue weighted by Gasteiger charge is 1.99. The summed E-state index contributed by atoms with van der Waals surface area (Å²) in [6.45, 7) is 7.85. The Bertz CT molecular complexity index is 141. The molecule has 0 unspecified atom stereocenters. The molecule has 0 aliphatic rings. The van der Waals surface area contributed by atoms with E-state index in [0.717, 1.165) is 12.8 Å². The molecule has 0 N–H and O–H groups in total. The van der Waals surface area contributed by atoms with Crippen molar-refractivity contribution in [2.24, 2.45) is 0 Å². The Morgan fingerprint density at radius 3 is 2.77 bits per heavy atom. The molecule has 1 radical (unpaired) electrons. The predicted molar refractivity (Wildman–Crippen MR) is 53.2 cm³/mol. The van der Waals surface area contributed by atoms with E-state index < -0.39 is 0 Å². The Morgan fingerprint density at radius 1 is 1.38 bits per heavy atom. The van der Waals surface area contributed by atoms with Crippen LogP contribution in [0.15, 0.2) is 6.08 Å². The first kappa shape index (κ1) is 12.2. The Hall–Kier alpha value is -0.790. The van der Waals surface area contributed by atoms with E-state index in [-0.39, 0.29) is 5.97 Å². The SMILES string of the molecule is [CH]=CCCC(=O)OCCCCCC. The second-order valence-electron chi connectivity index (χ2n) is 3.06. The van der Waals surface area contributed by atoms with Crippen LogP contribution in [0.25, 0.3) is 0 Å². The van der Waals surface area contributed by atoms with Gasteiger partial charge in [0, 0.05) is 6.42 Å². The van der Waals surface area contributed by atoms with Crippen molar-refractivity contribution in [2.45, 2.75) is 45.4 Å².